The summed E-state index contributed by atoms with van der Waals surface area (Å²) in [6.45, 7) is 6.45. The molecule has 162 valence electrons. The molecule has 0 bridgehead atoms. The van der Waals surface area contributed by atoms with Crippen LogP contribution in [0.3, 0.4) is 0 Å². The molecule has 0 spiro atoms. The van der Waals surface area contributed by atoms with Crippen molar-refractivity contribution in [3.8, 4) is 0 Å². The molecule has 1 amide bonds. The summed E-state index contributed by atoms with van der Waals surface area (Å²) in [6.07, 6.45) is 5.83. The number of carbonyl (C=O) groups excluding carboxylic acids is 1. The Hall–Kier alpha value is -2.96. The Labute approximate surface area is 196 Å². The Morgan fingerprint density at radius 2 is 1.88 bits per heavy atom. The van der Waals surface area contributed by atoms with E-state index in [0.717, 1.165) is 11.4 Å². The number of thiophene rings is 1. The third kappa shape index (κ3) is 5.44. The summed E-state index contributed by atoms with van der Waals surface area (Å²) in [6, 6.07) is 18.3. The third-order valence-electron chi connectivity index (χ3n) is 5.13. The molecule has 0 fully saturated rings. The standard InChI is InChI=1S/C26H25N3OS2/c1-17(2)19-8-10-20(11-9-19)28-25(30)16-31-26-27-15-14-21(29-26)12-13-23-18(3)22-6-4-5-7-24(22)32-23/h4-15,17H,16H2,1-3H3,(H,28,30)/b13-12+. The number of nitrogens with one attached hydrogen (secondary N) is 1. The highest BCUT2D eigenvalue weighted by Gasteiger charge is 2.08. The molecule has 2 aromatic heterocycles. The minimum atomic E-state index is -0.0715. The quantitative estimate of drug-likeness (QED) is 0.238. The van der Waals surface area contributed by atoms with E-state index in [1.807, 2.05) is 36.4 Å². The van der Waals surface area contributed by atoms with Gasteiger partial charge in [0.25, 0.3) is 0 Å². The zero-order chi connectivity index (χ0) is 22.5. The van der Waals surface area contributed by atoms with Crippen molar-refractivity contribution in [2.75, 3.05) is 11.1 Å². The molecule has 0 unspecified atom stereocenters. The van der Waals surface area contributed by atoms with Crippen molar-refractivity contribution >= 4 is 56.9 Å². The summed E-state index contributed by atoms with van der Waals surface area (Å²) in [7, 11) is 0. The highest BCUT2D eigenvalue weighted by molar-refractivity contribution is 7.99. The van der Waals surface area contributed by atoms with E-state index in [0.29, 0.717) is 11.1 Å². The van der Waals surface area contributed by atoms with E-state index in [2.05, 4.69) is 66.4 Å². The van der Waals surface area contributed by atoms with Crippen LogP contribution < -0.4 is 5.32 Å². The SMILES string of the molecule is Cc1c(/C=C/c2ccnc(SCC(=O)Nc3ccc(C(C)C)cc3)n2)sc2ccccc12. The molecule has 0 aliphatic carbocycles. The molecule has 0 aliphatic rings. The van der Waals surface area contributed by atoms with Crippen LogP contribution in [0.4, 0.5) is 5.69 Å². The van der Waals surface area contributed by atoms with Crippen molar-refractivity contribution in [1.29, 1.82) is 0 Å². The second kappa shape index (κ2) is 10.1. The lowest BCUT2D eigenvalue weighted by atomic mass is 10.0. The lowest BCUT2D eigenvalue weighted by Crippen LogP contribution is -2.14. The molecule has 4 aromatic rings. The fourth-order valence-corrected chi connectivity index (χ4v) is 5.06. The predicted molar refractivity (Wildman–Crippen MR) is 137 cm³/mol. The van der Waals surface area contributed by atoms with Crippen LogP contribution in [0.15, 0.2) is 66.0 Å². The molecule has 0 saturated heterocycles. The van der Waals surface area contributed by atoms with Crippen LogP contribution in [0.5, 0.6) is 0 Å². The molecular weight excluding hydrogens is 434 g/mol. The Balaban J connectivity index is 1.36. The molecule has 0 aliphatic heterocycles. The molecular formula is C26H25N3OS2. The van der Waals surface area contributed by atoms with E-state index in [9.17, 15) is 4.79 Å². The number of rotatable bonds is 7. The topological polar surface area (TPSA) is 54.9 Å². The van der Waals surface area contributed by atoms with Crippen molar-refractivity contribution in [2.24, 2.45) is 0 Å². The van der Waals surface area contributed by atoms with Gasteiger partial charge >= 0.3 is 0 Å². The molecule has 32 heavy (non-hydrogen) atoms. The Bertz CT molecular complexity index is 1260. The van der Waals surface area contributed by atoms with Gasteiger partial charge in [0.1, 0.15) is 0 Å². The van der Waals surface area contributed by atoms with Crippen molar-refractivity contribution in [3.63, 3.8) is 0 Å². The van der Waals surface area contributed by atoms with Crippen LogP contribution in [0.1, 0.15) is 41.5 Å². The number of amides is 1. The second-order valence-electron chi connectivity index (χ2n) is 7.80. The summed E-state index contributed by atoms with van der Waals surface area (Å²) in [5, 5.41) is 4.81. The first-order valence-electron chi connectivity index (χ1n) is 10.5. The third-order valence-corrected chi connectivity index (χ3v) is 7.23. The van der Waals surface area contributed by atoms with Crippen LogP contribution in [-0.4, -0.2) is 21.6 Å². The largest absolute Gasteiger partial charge is 0.325 e. The van der Waals surface area contributed by atoms with E-state index >= 15 is 0 Å². The van der Waals surface area contributed by atoms with Gasteiger partial charge in [-0.1, -0.05) is 55.9 Å². The first kappa shape index (κ1) is 22.2. The second-order valence-corrected chi connectivity index (χ2v) is 9.82. The maximum absolute atomic E-state index is 12.3. The highest BCUT2D eigenvalue weighted by atomic mass is 32.2. The molecule has 6 heteroatoms. The van der Waals surface area contributed by atoms with Gasteiger partial charge in [-0.3, -0.25) is 4.79 Å². The van der Waals surface area contributed by atoms with Crippen LogP contribution in [0, 0.1) is 6.92 Å². The monoisotopic (exact) mass is 459 g/mol. The van der Waals surface area contributed by atoms with Gasteiger partial charge in [-0.15, -0.1) is 11.3 Å². The minimum Gasteiger partial charge on any atom is -0.325 e. The Morgan fingerprint density at radius 3 is 2.62 bits per heavy atom. The lowest BCUT2D eigenvalue weighted by Gasteiger charge is -2.08. The highest BCUT2D eigenvalue weighted by Crippen LogP contribution is 2.31. The average molecular weight is 460 g/mol. The van der Waals surface area contributed by atoms with Gasteiger partial charge in [0, 0.05) is 21.5 Å². The summed E-state index contributed by atoms with van der Waals surface area (Å²) < 4.78 is 1.29. The van der Waals surface area contributed by atoms with Gasteiger partial charge in [-0.2, -0.15) is 0 Å². The van der Waals surface area contributed by atoms with E-state index < -0.39 is 0 Å². The Kier molecular flexibility index (Phi) is 7.02. The van der Waals surface area contributed by atoms with Gasteiger partial charge in [-0.25, -0.2) is 9.97 Å². The first-order chi connectivity index (χ1) is 15.5. The number of hydrogen-bond acceptors (Lipinski definition) is 5. The van der Waals surface area contributed by atoms with Gasteiger partial charge in [0.15, 0.2) is 5.16 Å². The molecule has 0 saturated carbocycles. The normalized spacial score (nSPS) is 11.5. The van der Waals surface area contributed by atoms with E-state index in [1.165, 1.54) is 37.9 Å². The number of hydrogen-bond donors (Lipinski definition) is 1. The number of aryl methyl sites for hydroxylation is 1. The fraction of sp³-hybridized carbons (Fsp3) is 0.192. The number of carbonyl (C=O) groups is 1. The smallest absolute Gasteiger partial charge is 0.234 e. The van der Waals surface area contributed by atoms with Crippen LogP contribution >= 0.6 is 23.1 Å². The van der Waals surface area contributed by atoms with Crippen LogP contribution in [0.2, 0.25) is 0 Å². The number of thioether (sulfide) groups is 1. The molecule has 4 nitrogen and oxygen atoms in total. The average Bonchev–Trinajstić information content (AvgIpc) is 3.13. The molecule has 2 heterocycles. The van der Waals surface area contributed by atoms with Gasteiger partial charge < -0.3 is 5.32 Å². The molecule has 2 aromatic carbocycles. The van der Waals surface area contributed by atoms with E-state index in [1.54, 1.807) is 17.5 Å². The van der Waals surface area contributed by atoms with E-state index in [4.69, 9.17) is 0 Å². The summed E-state index contributed by atoms with van der Waals surface area (Å²) in [5.41, 5.74) is 4.16. The summed E-state index contributed by atoms with van der Waals surface area (Å²) >= 11 is 3.11. The number of benzene rings is 2. The van der Waals surface area contributed by atoms with E-state index in [-0.39, 0.29) is 11.7 Å². The van der Waals surface area contributed by atoms with Gasteiger partial charge in [0.05, 0.1) is 11.4 Å². The number of nitrogens with zero attached hydrogens (tertiary/aromatic N) is 2. The maximum atomic E-state index is 12.3. The molecule has 0 radical (unpaired) electrons. The van der Waals surface area contributed by atoms with Crippen LogP contribution in [0.25, 0.3) is 22.2 Å². The zero-order valence-electron chi connectivity index (χ0n) is 18.3. The fourth-order valence-electron chi connectivity index (χ4n) is 3.31. The van der Waals surface area contributed by atoms with Crippen molar-refractivity contribution < 1.29 is 4.79 Å². The maximum Gasteiger partial charge on any atom is 0.234 e. The molecule has 4 rings (SSSR count). The van der Waals surface area contributed by atoms with Gasteiger partial charge in [0.2, 0.25) is 5.91 Å². The van der Waals surface area contributed by atoms with Crippen LogP contribution in [-0.2, 0) is 4.79 Å². The van der Waals surface area contributed by atoms with Crippen molar-refractivity contribution in [2.45, 2.75) is 31.8 Å². The number of anilines is 1. The van der Waals surface area contributed by atoms with Crippen molar-refractivity contribution in [3.05, 3.63) is 82.5 Å². The predicted octanol–water partition coefficient (Wildman–Crippen LogP) is 7.02. The van der Waals surface area contributed by atoms with Gasteiger partial charge in [-0.05, 0) is 65.8 Å². The number of aromatic nitrogens is 2. The van der Waals surface area contributed by atoms with Crippen molar-refractivity contribution in [1.82, 2.24) is 9.97 Å². The Morgan fingerprint density at radius 1 is 1.09 bits per heavy atom. The molecule has 0 atom stereocenters. The minimum absolute atomic E-state index is 0.0715. The lowest BCUT2D eigenvalue weighted by molar-refractivity contribution is -0.113. The number of fused-ring (bicyclic) bond motifs is 1. The summed E-state index contributed by atoms with van der Waals surface area (Å²) in [5.74, 6) is 0.656. The summed E-state index contributed by atoms with van der Waals surface area (Å²) in [4.78, 5) is 22.4. The zero-order valence-corrected chi connectivity index (χ0v) is 20.0. The molecule has 1 N–H and O–H groups in total. The first-order valence-corrected chi connectivity index (χ1v) is 12.3.